The van der Waals surface area contributed by atoms with E-state index in [0.717, 1.165) is 39.7 Å². The average molecular weight is 461 g/mol. The number of nitrogens with zero attached hydrogens (tertiary/aromatic N) is 2. The molecule has 1 aliphatic rings. The average Bonchev–Trinajstić information content (AvgIpc) is 2.82. The molecule has 2 N–H and O–H groups in total. The van der Waals surface area contributed by atoms with Crippen LogP contribution >= 0.6 is 11.8 Å². The lowest BCUT2D eigenvalue weighted by molar-refractivity contribution is 0.0951. The molecular formula is C26H28N4O2S. The summed E-state index contributed by atoms with van der Waals surface area (Å²) in [6, 6.07) is 17.0. The summed E-state index contributed by atoms with van der Waals surface area (Å²) >= 11 is 1.67. The minimum atomic E-state index is -0.223. The lowest BCUT2D eigenvalue weighted by Gasteiger charge is -2.30. The van der Waals surface area contributed by atoms with Crippen LogP contribution in [0.4, 0.5) is 16.2 Å². The molecule has 1 aromatic heterocycles. The molecule has 4 rings (SSSR count). The molecule has 170 valence electrons. The maximum absolute atomic E-state index is 13.1. The highest BCUT2D eigenvalue weighted by molar-refractivity contribution is 7.99. The largest absolute Gasteiger partial charge is 0.348 e. The molecule has 0 atom stereocenters. The van der Waals surface area contributed by atoms with Gasteiger partial charge in [0.15, 0.2) is 0 Å². The van der Waals surface area contributed by atoms with Gasteiger partial charge in [0.05, 0.1) is 5.69 Å². The number of urea groups is 1. The van der Waals surface area contributed by atoms with Crippen LogP contribution in [-0.2, 0) is 13.0 Å². The van der Waals surface area contributed by atoms with Crippen molar-refractivity contribution in [3.8, 4) is 0 Å². The minimum Gasteiger partial charge on any atom is -0.348 e. The molecule has 6 nitrogen and oxygen atoms in total. The molecule has 0 saturated heterocycles. The number of hydrogen-bond acceptors (Lipinski definition) is 4. The van der Waals surface area contributed by atoms with Gasteiger partial charge in [-0.2, -0.15) is 0 Å². The van der Waals surface area contributed by atoms with Crippen molar-refractivity contribution in [1.82, 2.24) is 10.3 Å². The predicted molar refractivity (Wildman–Crippen MR) is 134 cm³/mol. The van der Waals surface area contributed by atoms with E-state index in [4.69, 9.17) is 0 Å². The van der Waals surface area contributed by atoms with Gasteiger partial charge >= 0.3 is 6.03 Å². The number of carbonyl (C=O) groups is 2. The number of aromatic nitrogens is 1. The van der Waals surface area contributed by atoms with Gasteiger partial charge in [-0.3, -0.25) is 9.69 Å². The van der Waals surface area contributed by atoms with E-state index in [0.29, 0.717) is 24.3 Å². The number of hydrogen-bond donors (Lipinski definition) is 2. The molecule has 0 aliphatic carbocycles. The fraction of sp³-hybridized carbons (Fsp3) is 0.269. The van der Waals surface area contributed by atoms with Gasteiger partial charge in [0, 0.05) is 35.8 Å². The van der Waals surface area contributed by atoms with E-state index in [2.05, 4.69) is 34.7 Å². The summed E-state index contributed by atoms with van der Waals surface area (Å²) in [6.07, 6.45) is 0.989. The topological polar surface area (TPSA) is 74.3 Å². The van der Waals surface area contributed by atoms with Crippen LogP contribution in [0.15, 0.2) is 59.6 Å². The van der Waals surface area contributed by atoms with Crippen LogP contribution in [0.3, 0.4) is 0 Å². The van der Waals surface area contributed by atoms with Crippen molar-refractivity contribution in [2.24, 2.45) is 0 Å². The molecule has 33 heavy (non-hydrogen) atoms. The Kier molecular flexibility index (Phi) is 6.99. The molecule has 3 aromatic rings. The SMILES string of the molecule is CCc1ccc(CNC(=O)c2cccc(NC(=O)N3CCSc4nc(C)cc(C)c43)c2)cc1. The van der Waals surface area contributed by atoms with E-state index >= 15 is 0 Å². The molecular weight excluding hydrogens is 432 g/mol. The van der Waals surface area contributed by atoms with Gasteiger partial charge in [-0.25, -0.2) is 9.78 Å². The zero-order chi connectivity index (χ0) is 23.4. The van der Waals surface area contributed by atoms with Crippen LogP contribution in [0, 0.1) is 13.8 Å². The third-order valence-corrected chi connectivity index (χ3v) is 6.55. The monoisotopic (exact) mass is 460 g/mol. The molecule has 7 heteroatoms. The van der Waals surface area contributed by atoms with Crippen LogP contribution in [0.5, 0.6) is 0 Å². The summed E-state index contributed by atoms with van der Waals surface area (Å²) in [5.41, 5.74) is 6.23. The Morgan fingerprint density at radius 2 is 1.82 bits per heavy atom. The maximum Gasteiger partial charge on any atom is 0.326 e. The van der Waals surface area contributed by atoms with Crippen LogP contribution in [-0.4, -0.2) is 29.2 Å². The molecule has 0 unspecified atom stereocenters. The van der Waals surface area contributed by atoms with Crippen LogP contribution in [0.25, 0.3) is 0 Å². The Bertz CT molecular complexity index is 1180. The first kappa shape index (κ1) is 22.9. The quantitative estimate of drug-likeness (QED) is 0.539. The second-order valence-corrected chi connectivity index (χ2v) is 9.18. The first-order chi connectivity index (χ1) is 15.9. The molecule has 0 saturated carbocycles. The van der Waals surface area contributed by atoms with Crippen molar-refractivity contribution in [3.05, 3.63) is 82.5 Å². The normalized spacial score (nSPS) is 12.8. The van der Waals surface area contributed by atoms with E-state index < -0.39 is 0 Å². The van der Waals surface area contributed by atoms with E-state index in [1.807, 2.05) is 32.0 Å². The highest BCUT2D eigenvalue weighted by Crippen LogP contribution is 2.36. The molecule has 3 amide bonds. The van der Waals surface area contributed by atoms with Gasteiger partial charge in [-0.05, 0) is 61.2 Å². The smallest absolute Gasteiger partial charge is 0.326 e. The maximum atomic E-state index is 13.1. The Hall–Kier alpha value is -3.32. The Morgan fingerprint density at radius 3 is 2.58 bits per heavy atom. The zero-order valence-electron chi connectivity index (χ0n) is 19.1. The first-order valence-corrected chi connectivity index (χ1v) is 12.1. The second-order valence-electron chi connectivity index (χ2n) is 8.10. The van der Waals surface area contributed by atoms with Crippen LogP contribution in [0.2, 0.25) is 0 Å². The van der Waals surface area contributed by atoms with Gasteiger partial charge in [0.1, 0.15) is 5.03 Å². The number of thioether (sulfide) groups is 1. The highest BCUT2D eigenvalue weighted by atomic mass is 32.2. The lowest BCUT2D eigenvalue weighted by atomic mass is 10.1. The van der Waals surface area contributed by atoms with Crippen molar-refractivity contribution in [3.63, 3.8) is 0 Å². The van der Waals surface area contributed by atoms with Gasteiger partial charge in [-0.1, -0.05) is 37.3 Å². The van der Waals surface area contributed by atoms with Crippen molar-refractivity contribution in [2.45, 2.75) is 38.8 Å². The number of rotatable bonds is 5. The summed E-state index contributed by atoms with van der Waals surface area (Å²) < 4.78 is 0. The van der Waals surface area contributed by atoms with Crippen LogP contribution < -0.4 is 15.5 Å². The Labute approximate surface area is 198 Å². The second kappa shape index (κ2) is 10.1. The van der Waals surface area contributed by atoms with E-state index in [-0.39, 0.29) is 11.9 Å². The lowest BCUT2D eigenvalue weighted by Crippen LogP contribution is -2.39. The Balaban J connectivity index is 1.43. The number of nitrogens with one attached hydrogen (secondary N) is 2. The first-order valence-electron chi connectivity index (χ1n) is 11.1. The standard InChI is InChI=1S/C26H28N4O2S/c1-4-19-8-10-20(11-9-19)16-27-24(31)21-6-5-7-22(15-21)29-26(32)30-12-13-33-25-23(30)17(2)14-18(3)28-25/h5-11,14-15H,4,12-13,16H2,1-3H3,(H,27,31)(H,29,32). The third-order valence-electron chi connectivity index (χ3n) is 5.61. The summed E-state index contributed by atoms with van der Waals surface area (Å²) in [5.74, 6) is 0.610. The number of benzene rings is 2. The van der Waals surface area contributed by atoms with Gasteiger partial charge < -0.3 is 10.6 Å². The van der Waals surface area contributed by atoms with Crippen molar-refractivity contribution in [2.75, 3.05) is 22.5 Å². The van der Waals surface area contributed by atoms with Crippen LogP contribution in [0.1, 0.15) is 39.7 Å². The molecule has 0 spiro atoms. The number of pyridine rings is 1. The highest BCUT2D eigenvalue weighted by Gasteiger charge is 2.26. The number of anilines is 2. The summed E-state index contributed by atoms with van der Waals surface area (Å²) in [4.78, 5) is 32.1. The summed E-state index contributed by atoms with van der Waals surface area (Å²) in [5, 5.41) is 6.78. The van der Waals surface area contributed by atoms with Gasteiger partial charge in [-0.15, -0.1) is 11.8 Å². The molecule has 0 fully saturated rings. The van der Waals surface area contributed by atoms with E-state index in [1.165, 1.54) is 5.56 Å². The fourth-order valence-electron chi connectivity index (χ4n) is 3.88. The molecule has 0 radical (unpaired) electrons. The molecule has 0 bridgehead atoms. The molecule has 1 aliphatic heterocycles. The minimum absolute atomic E-state index is 0.180. The van der Waals surface area contributed by atoms with Crippen molar-refractivity contribution < 1.29 is 9.59 Å². The zero-order valence-corrected chi connectivity index (χ0v) is 20.0. The third kappa shape index (κ3) is 5.37. The number of fused-ring (bicyclic) bond motifs is 1. The number of amides is 3. The Morgan fingerprint density at radius 1 is 1.06 bits per heavy atom. The molecule has 2 aromatic carbocycles. The van der Waals surface area contributed by atoms with E-state index in [9.17, 15) is 9.59 Å². The van der Waals surface area contributed by atoms with Crippen molar-refractivity contribution in [1.29, 1.82) is 0 Å². The fourth-order valence-corrected chi connectivity index (χ4v) is 4.96. The molecule has 2 heterocycles. The van der Waals surface area contributed by atoms with E-state index in [1.54, 1.807) is 40.9 Å². The van der Waals surface area contributed by atoms with Gasteiger partial charge in [0.25, 0.3) is 5.91 Å². The number of aryl methyl sites for hydroxylation is 3. The van der Waals surface area contributed by atoms with Crippen molar-refractivity contribution >= 4 is 35.1 Å². The van der Waals surface area contributed by atoms with Gasteiger partial charge in [0.2, 0.25) is 0 Å². The predicted octanol–water partition coefficient (Wildman–Crippen LogP) is 5.34. The summed E-state index contributed by atoms with van der Waals surface area (Å²) in [6.45, 7) is 7.13. The number of carbonyl (C=O) groups excluding carboxylic acids is 2. The summed E-state index contributed by atoms with van der Waals surface area (Å²) in [7, 11) is 0.